The summed E-state index contributed by atoms with van der Waals surface area (Å²) >= 11 is 1.50. The summed E-state index contributed by atoms with van der Waals surface area (Å²) in [7, 11) is 0. The molecule has 118 valence electrons. The van der Waals surface area contributed by atoms with Gasteiger partial charge in [-0.05, 0) is 29.7 Å². The molecule has 0 saturated carbocycles. The largest absolute Gasteiger partial charge is 0.431 e. The van der Waals surface area contributed by atoms with E-state index in [4.69, 9.17) is 0 Å². The molecule has 0 aliphatic heterocycles. The Morgan fingerprint density at radius 1 is 1.26 bits per heavy atom. The lowest BCUT2D eigenvalue weighted by Crippen LogP contribution is -2.19. The quantitative estimate of drug-likeness (QED) is 0.768. The molecule has 0 aliphatic rings. The second kappa shape index (κ2) is 5.84. The number of hydrogen-bond acceptors (Lipinski definition) is 4. The van der Waals surface area contributed by atoms with Crippen molar-refractivity contribution in [2.45, 2.75) is 6.18 Å². The molecular formula is C14H9F3N4OS. The number of aromatic nitrogens is 4. The molecule has 3 aromatic heterocycles. The first-order valence-corrected chi connectivity index (χ1v) is 7.25. The van der Waals surface area contributed by atoms with Crippen molar-refractivity contribution >= 4 is 23.5 Å². The van der Waals surface area contributed by atoms with Crippen LogP contribution in [-0.4, -0.2) is 20.2 Å². The van der Waals surface area contributed by atoms with Crippen LogP contribution in [0.25, 0.3) is 22.7 Å². The van der Waals surface area contributed by atoms with Gasteiger partial charge in [0.2, 0.25) is 0 Å². The summed E-state index contributed by atoms with van der Waals surface area (Å²) in [6.07, 6.45) is -0.196. The molecule has 0 amide bonds. The fourth-order valence-electron chi connectivity index (χ4n) is 1.93. The van der Waals surface area contributed by atoms with Crippen molar-refractivity contribution in [2.24, 2.45) is 0 Å². The van der Waals surface area contributed by atoms with Crippen LogP contribution in [0.3, 0.4) is 0 Å². The van der Waals surface area contributed by atoms with E-state index in [-0.39, 0.29) is 5.69 Å². The third-order valence-electron chi connectivity index (χ3n) is 2.94. The van der Waals surface area contributed by atoms with Gasteiger partial charge >= 0.3 is 11.9 Å². The lowest BCUT2D eigenvalue weighted by Gasteiger charge is -2.05. The Bertz CT molecular complexity index is 893. The maximum Gasteiger partial charge on any atom is 0.431 e. The number of halogens is 3. The Labute approximate surface area is 131 Å². The molecule has 0 aromatic carbocycles. The van der Waals surface area contributed by atoms with Crippen LogP contribution in [-0.2, 0) is 6.18 Å². The minimum absolute atomic E-state index is 0.0839. The Morgan fingerprint density at radius 2 is 2.09 bits per heavy atom. The highest BCUT2D eigenvalue weighted by Gasteiger charge is 2.32. The summed E-state index contributed by atoms with van der Waals surface area (Å²) in [4.78, 5) is 17.4. The number of thiophene rings is 1. The van der Waals surface area contributed by atoms with E-state index >= 15 is 0 Å². The summed E-state index contributed by atoms with van der Waals surface area (Å²) in [6, 6.07) is 4.55. The van der Waals surface area contributed by atoms with Crippen molar-refractivity contribution in [3.05, 3.63) is 57.2 Å². The van der Waals surface area contributed by atoms with Gasteiger partial charge in [-0.1, -0.05) is 6.07 Å². The van der Waals surface area contributed by atoms with Gasteiger partial charge in [0.15, 0.2) is 0 Å². The van der Waals surface area contributed by atoms with Gasteiger partial charge in [0, 0.05) is 5.56 Å². The van der Waals surface area contributed by atoms with Gasteiger partial charge in [-0.2, -0.15) is 23.3 Å². The SMILES string of the molecule is O=c1nc(C=Cc2cn[nH]c2-c2cccs2)cc(C(F)(F)F)[nH]1. The molecule has 0 spiro atoms. The van der Waals surface area contributed by atoms with E-state index in [1.807, 2.05) is 17.5 Å². The number of aromatic amines is 2. The van der Waals surface area contributed by atoms with E-state index < -0.39 is 17.6 Å². The second-order valence-electron chi connectivity index (χ2n) is 4.53. The van der Waals surface area contributed by atoms with Gasteiger partial charge in [-0.3, -0.25) is 5.10 Å². The van der Waals surface area contributed by atoms with Crippen molar-refractivity contribution in [2.75, 3.05) is 0 Å². The van der Waals surface area contributed by atoms with E-state index in [0.717, 1.165) is 16.6 Å². The van der Waals surface area contributed by atoms with E-state index in [9.17, 15) is 18.0 Å². The molecule has 3 rings (SSSR count). The highest BCUT2D eigenvalue weighted by Crippen LogP contribution is 2.28. The summed E-state index contributed by atoms with van der Waals surface area (Å²) in [6.45, 7) is 0. The summed E-state index contributed by atoms with van der Waals surface area (Å²) in [5.74, 6) is 0. The molecule has 0 fully saturated rings. The molecule has 0 bridgehead atoms. The van der Waals surface area contributed by atoms with Gasteiger partial charge in [-0.15, -0.1) is 11.3 Å². The van der Waals surface area contributed by atoms with E-state index in [0.29, 0.717) is 5.56 Å². The predicted octanol–water partition coefficient (Wildman–Crippen LogP) is 3.41. The minimum Gasteiger partial charge on any atom is -0.302 e. The number of H-pyrrole nitrogens is 2. The maximum absolute atomic E-state index is 12.7. The van der Waals surface area contributed by atoms with Crippen molar-refractivity contribution in [3.63, 3.8) is 0 Å². The lowest BCUT2D eigenvalue weighted by molar-refractivity contribution is -0.141. The number of alkyl halides is 3. The Morgan fingerprint density at radius 3 is 2.78 bits per heavy atom. The van der Waals surface area contributed by atoms with Gasteiger partial charge < -0.3 is 4.98 Å². The average Bonchev–Trinajstić information content (AvgIpc) is 3.14. The van der Waals surface area contributed by atoms with Crippen molar-refractivity contribution in [1.82, 2.24) is 20.2 Å². The van der Waals surface area contributed by atoms with Crippen LogP contribution in [0.1, 0.15) is 17.0 Å². The highest BCUT2D eigenvalue weighted by atomic mass is 32.1. The van der Waals surface area contributed by atoms with Crippen LogP contribution in [0, 0.1) is 0 Å². The number of nitrogens with one attached hydrogen (secondary N) is 2. The molecule has 0 atom stereocenters. The number of nitrogens with zero attached hydrogens (tertiary/aromatic N) is 2. The third-order valence-corrected chi connectivity index (χ3v) is 3.83. The first kappa shape index (κ1) is 15.2. The van der Waals surface area contributed by atoms with Crippen LogP contribution in [0.5, 0.6) is 0 Å². The van der Waals surface area contributed by atoms with Gasteiger partial charge in [0.05, 0.1) is 22.5 Å². The zero-order valence-electron chi connectivity index (χ0n) is 11.4. The first-order chi connectivity index (χ1) is 10.9. The van der Waals surface area contributed by atoms with Crippen LogP contribution in [0.2, 0.25) is 0 Å². The molecule has 0 aliphatic carbocycles. The van der Waals surface area contributed by atoms with Crippen LogP contribution in [0.4, 0.5) is 13.2 Å². The van der Waals surface area contributed by atoms with Gasteiger partial charge in [0.25, 0.3) is 0 Å². The summed E-state index contributed by atoms with van der Waals surface area (Å²) in [5, 5.41) is 8.66. The highest BCUT2D eigenvalue weighted by molar-refractivity contribution is 7.13. The predicted molar refractivity (Wildman–Crippen MR) is 80.7 cm³/mol. The monoisotopic (exact) mass is 338 g/mol. The molecule has 0 radical (unpaired) electrons. The first-order valence-electron chi connectivity index (χ1n) is 6.37. The van der Waals surface area contributed by atoms with Crippen molar-refractivity contribution in [3.8, 4) is 10.6 Å². The van der Waals surface area contributed by atoms with Crippen LogP contribution < -0.4 is 5.69 Å². The second-order valence-corrected chi connectivity index (χ2v) is 5.48. The fourth-order valence-corrected chi connectivity index (χ4v) is 2.67. The Hall–Kier alpha value is -2.68. The van der Waals surface area contributed by atoms with E-state index in [1.54, 1.807) is 17.3 Å². The Balaban J connectivity index is 1.94. The molecule has 3 aromatic rings. The fraction of sp³-hybridized carbons (Fsp3) is 0.0714. The molecule has 5 nitrogen and oxygen atoms in total. The van der Waals surface area contributed by atoms with Crippen LogP contribution >= 0.6 is 11.3 Å². The van der Waals surface area contributed by atoms with Crippen molar-refractivity contribution < 1.29 is 13.2 Å². The molecule has 0 unspecified atom stereocenters. The normalized spacial score (nSPS) is 12.1. The maximum atomic E-state index is 12.7. The molecule has 23 heavy (non-hydrogen) atoms. The van der Waals surface area contributed by atoms with Crippen molar-refractivity contribution in [1.29, 1.82) is 0 Å². The van der Waals surface area contributed by atoms with E-state index in [1.165, 1.54) is 17.4 Å². The molecule has 0 saturated heterocycles. The van der Waals surface area contributed by atoms with Gasteiger partial charge in [0.1, 0.15) is 5.69 Å². The molecular weight excluding hydrogens is 329 g/mol. The summed E-state index contributed by atoms with van der Waals surface area (Å²) in [5.41, 5.74) is -0.840. The Kier molecular flexibility index (Phi) is 3.87. The standard InChI is InChI=1S/C14H9F3N4OS/c15-14(16,17)11-6-9(19-13(22)20-11)4-3-8-7-18-21-12(8)10-2-1-5-23-10/h1-7H,(H,18,21)(H,19,20,22). The number of hydrogen-bond donors (Lipinski definition) is 2. The van der Waals surface area contributed by atoms with Gasteiger partial charge in [-0.25, -0.2) is 4.79 Å². The molecule has 3 heterocycles. The zero-order valence-corrected chi connectivity index (χ0v) is 12.2. The number of rotatable bonds is 3. The third kappa shape index (κ3) is 3.39. The zero-order chi connectivity index (χ0) is 16.4. The average molecular weight is 338 g/mol. The molecule has 9 heteroatoms. The minimum atomic E-state index is -4.64. The lowest BCUT2D eigenvalue weighted by atomic mass is 10.2. The topological polar surface area (TPSA) is 74.4 Å². The van der Waals surface area contributed by atoms with Crippen LogP contribution in [0.15, 0.2) is 34.6 Å². The smallest absolute Gasteiger partial charge is 0.302 e. The molecule has 2 N–H and O–H groups in total. The summed E-state index contributed by atoms with van der Waals surface area (Å²) < 4.78 is 38.0. The van der Waals surface area contributed by atoms with E-state index in [2.05, 4.69) is 15.2 Å².